The molecule has 0 saturated carbocycles. The number of unbranched alkanes of at least 4 members (excludes halogenated alkanes) is 1. The van der Waals surface area contributed by atoms with Gasteiger partial charge in [-0.05, 0) is 32.4 Å². The Hall–Kier alpha value is -0.570. The van der Waals surface area contributed by atoms with Gasteiger partial charge in [-0.3, -0.25) is 4.79 Å². The Bertz CT molecular complexity index is 210. The molecule has 17 heavy (non-hydrogen) atoms. The Kier molecular flexibility index (Phi) is 7.25. The average Bonchev–Trinajstić information content (AvgIpc) is 2.61. The molecule has 0 unspecified atom stereocenters. The van der Waals surface area contributed by atoms with Gasteiger partial charge in [-0.25, -0.2) is 0 Å². The van der Waals surface area contributed by atoms with Gasteiger partial charge in [-0.15, -0.1) is 0 Å². The van der Waals surface area contributed by atoms with E-state index in [1.807, 2.05) is 11.9 Å². The zero-order valence-corrected chi connectivity index (χ0v) is 11.6. The zero-order valence-electron chi connectivity index (χ0n) is 11.6. The first kappa shape index (κ1) is 14.5. The third-order valence-corrected chi connectivity index (χ3v) is 3.61. The van der Waals surface area contributed by atoms with E-state index in [-0.39, 0.29) is 0 Å². The van der Waals surface area contributed by atoms with Gasteiger partial charge >= 0.3 is 0 Å². The number of carbonyl (C=O) groups excluding carboxylic acids is 1. The Morgan fingerprint density at radius 3 is 2.41 bits per heavy atom. The molecule has 1 fully saturated rings. The lowest BCUT2D eigenvalue weighted by molar-refractivity contribution is -0.130. The lowest BCUT2D eigenvalue weighted by atomic mass is 10.2. The molecule has 1 amide bonds. The third kappa shape index (κ3) is 6.06. The van der Waals surface area contributed by atoms with Crippen molar-refractivity contribution in [3.8, 4) is 0 Å². The highest BCUT2D eigenvalue weighted by Crippen LogP contribution is 2.10. The van der Waals surface area contributed by atoms with Crippen LogP contribution in [0.5, 0.6) is 0 Å². The first-order valence-corrected chi connectivity index (χ1v) is 7.20. The number of likely N-dealkylation sites (tertiary alicyclic amines) is 1. The summed E-state index contributed by atoms with van der Waals surface area (Å²) in [6.45, 7) is 6.40. The van der Waals surface area contributed by atoms with Gasteiger partial charge in [0.1, 0.15) is 0 Å². The van der Waals surface area contributed by atoms with Crippen molar-refractivity contribution in [1.82, 2.24) is 9.80 Å². The number of amides is 1. The highest BCUT2D eigenvalue weighted by molar-refractivity contribution is 5.76. The standard InChI is InChI=1S/C14H28N2O/c1-3-4-10-15(2)14(17)9-13-16-11-7-5-6-8-12-16/h3-13H2,1-2H3. The highest BCUT2D eigenvalue weighted by Gasteiger charge is 2.12. The molecule has 0 N–H and O–H groups in total. The van der Waals surface area contributed by atoms with Crippen molar-refractivity contribution >= 4 is 5.91 Å². The molecule has 0 spiro atoms. The lowest BCUT2D eigenvalue weighted by Crippen LogP contribution is -2.33. The summed E-state index contributed by atoms with van der Waals surface area (Å²) >= 11 is 0. The monoisotopic (exact) mass is 240 g/mol. The first-order chi connectivity index (χ1) is 8.24. The van der Waals surface area contributed by atoms with Crippen LogP contribution in [0.4, 0.5) is 0 Å². The van der Waals surface area contributed by atoms with E-state index in [0.29, 0.717) is 12.3 Å². The van der Waals surface area contributed by atoms with Crippen molar-refractivity contribution in [2.24, 2.45) is 0 Å². The predicted octanol–water partition coefficient (Wildman–Crippen LogP) is 2.51. The Balaban J connectivity index is 2.17. The summed E-state index contributed by atoms with van der Waals surface area (Å²) in [5.41, 5.74) is 0. The van der Waals surface area contributed by atoms with Gasteiger partial charge in [0, 0.05) is 26.6 Å². The molecule has 1 aliphatic rings. The molecule has 0 aromatic rings. The maximum Gasteiger partial charge on any atom is 0.223 e. The lowest BCUT2D eigenvalue weighted by Gasteiger charge is -2.22. The van der Waals surface area contributed by atoms with Gasteiger partial charge in [0.2, 0.25) is 5.91 Å². The maximum atomic E-state index is 11.9. The zero-order chi connectivity index (χ0) is 12.5. The second-order valence-electron chi connectivity index (χ2n) is 5.17. The van der Waals surface area contributed by atoms with Crippen molar-refractivity contribution in [1.29, 1.82) is 0 Å². The molecule has 1 heterocycles. The minimum absolute atomic E-state index is 0.308. The van der Waals surface area contributed by atoms with Crippen LogP contribution in [-0.4, -0.2) is 48.9 Å². The summed E-state index contributed by atoms with van der Waals surface area (Å²) in [7, 11) is 1.93. The summed E-state index contributed by atoms with van der Waals surface area (Å²) in [6.07, 6.45) is 8.30. The number of hydrogen-bond acceptors (Lipinski definition) is 2. The van der Waals surface area contributed by atoms with Gasteiger partial charge in [-0.1, -0.05) is 26.2 Å². The summed E-state index contributed by atoms with van der Waals surface area (Å²) in [4.78, 5) is 16.2. The average molecular weight is 240 g/mol. The van der Waals surface area contributed by atoms with E-state index in [1.54, 1.807) is 0 Å². The van der Waals surface area contributed by atoms with Crippen LogP contribution in [0.2, 0.25) is 0 Å². The topological polar surface area (TPSA) is 23.6 Å². The van der Waals surface area contributed by atoms with Gasteiger partial charge in [0.25, 0.3) is 0 Å². The Morgan fingerprint density at radius 2 is 1.82 bits per heavy atom. The van der Waals surface area contributed by atoms with E-state index in [9.17, 15) is 4.79 Å². The Labute approximate surface area is 106 Å². The van der Waals surface area contributed by atoms with Crippen molar-refractivity contribution < 1.29 is 4.79 Å². The van der Waals surface area contributed by atoms with E-state index in [0.717, 1.165) is 25.9 Å². The number of carbonyl (C=O) groups is 1. The van der Waals surface area contributed by atoms with E-state index in [4.69, 9.17) is 0 Å². The molecule has 0 radical (unpaired) electrons. The molecular formula is C14H28N2O. The molecule has 3 heteroatoms. The van der Waals surface area contributed by atoms with E-state index < -0.39 is 0 Å². The first-order valence-electron chi connectivity index (χ1n) is 7.20. The molecule has 0 aromatic carbocycles. The summed E-state index contributed by atoms with van der Waals surface area (Å²) in [6, 6.07) is 0. The summed E-state index contributed by atoms with van der Waals surface area (Å²) in [5, 5.41) is 0. The smallest absolute Gasteiger partial charge is 0.223 e. The highest BCUT2D eigenvalue weighted by atomic mass is 16.2. The molecule has 1 saturated heterocycles. The van der Waals surface area contributed by atoms with Crippen LogP contribution in [-0.2, 0) is 4.79 Å². The quantitative estimate of drug-likeness (QED) is 0.712. The van der Waals surface area contributed by atoms with Gasteiger partial charge < -0.3 is 9.80 Å². The number of hydrogen-bond donors (Lipinski definition) is 0. The van der Waals surface area contributed by atoms with E-state index in [1.165, 1.54) is 38.8 Å². The maximum absolute atomic E-state index is 11.9. The normalized spacial score (nSPS) is 17.8. The number of nitrogens with zero attached hydrogens (tertiary/aromatic N) is 2. The molecule has 1 rings (SSSR count). The second-order valence-corrected chi connectivity index (χ2v) is 5.17. The fourth-order valence-electron chi connectivity index (χ4n) is 2.32. The largest absolute Gasteiger partial charge is 0.346 e. The van der Waals surface area contributed by atoms with E-state index >= 15 is 0 Å². The van der Waals surface area contributed by atoms with Crippen LogP contribution in [0.15, 0.2) is 0 Å². The van der Waals surface area contributed by atoms with Crippen molar-refractivity contribution in [2.75, 3.05) is 33.2 Å². The molecule has 1 aliphatic heterocycles. The van der Waals surface area contributed by atoms with Crippen LogP contribution in [0.3, 0.4) is 0 Å². The van der Waals surface area contributed by atoms with Gasteiger partial charge in [-0.2, -0.15) is 0 Å². The van der Waals surface area contributed by atoms with Crippen LogP contribution in [0.1, 0.15) is 51.9 Å². The fraction of sp³-hybridized carbons (Fsp3) is 0.929. The number of rotatable bonds is 6. The van der Waals surface area contributed by atoms with Crippen LogP contribution < -0.4 is 0 Å². The molecule has 0 aliphatic carbocycles. The van der Waals surface area contributed by atoms with Crippen LogP contribution in [0, 0.1) is 0 Å². The minimum atomic E-state index is 0.308. The second kappa shape index (κ2) is 8.51. The minimum Gasteiger partial charge on any atom is -0.346 e. The fourth-order valence-corrected chi connectivity index (χ4v) is 2.32. The molecule has 0 aromatic heterocycles. The Morgan fingerprint density at radius 1 is 1.18 bits per heavy atom. The molecule has 0 atom stereocenters. The molecule has 0 bridgehead atoms. The molecular weight excluding hydrogens is 212 g/mol. The van der Waals surface area contributed by atoms with Gasteiger partial charge in [0.05, 0.1) is 0 Å². The third-order valence-electron chi connectivity index (χ3n) is 3.61. The SMILES string of the molecule is CCCCN(C)C(=O)CCN1CCCCCC1. The van der Waals surface area contributed by atoms with Crippen LogP contribution >= 0.6 is 0 Å². The van der Waals surface area contributed by atoms with Crippen molar-refractivity contribution in [3.05, 3.63) is 0 Å². The molecule has 3 nitrogen and oxygen atoms in total. The van der Waals surface area contributed by atoms with Crippen molar-refractivity contribution in [2.45, 2.75) is 51.9 Å². The van der Waals surface area contributed by atoms with E-state index in [2.05, 4.69) is 11.8 Å². The van der Waals surface area contributed by atoms with Crippen LogP contribution in [0.25, 0.3) is 0 Å². The summed E-state index contributed by atoms with van der Waals surface area (Å²) < 4.78 is 0. The predicted molar refractivity (Wildman–Crippen MR) is 72.1 cm³/mol. The summed E-state index contributed by atoms with van der Waals surface area (Å²) in [5.74, 6) is 0.308. The van der Waals surface area contributed by atoms with Gasteiger partial charge in [0.15, 0.2) is 0 Å². The van der Waals surface area contributed by atoms with Crippen molar-refractivity contribution in [3.63, 3.8) is 0 Å². The molecule has 100 valence electrons.